The van der Waals surface area contributed by atoms with Crippen LogP contribution in [0.15, 0.2) is 0 Å². The molecule has 0 amide bonds. The first-order valence-electron chi connectivity index (χ1n) is 0.730. The van der Waals surface area contributed by atoms with Crippen LogP contribution in [0, 0.1) is 0 Å². The molecule has 32 valence electrons. The number of hydrogen-bond donors (Lipinski definition) is 0. The average molecular weight is 125 g/mol. The van der Waals surface area contributed by atoms with Crippen molar-refractivity contribution in [2.75, 3.05) is 0 Å². The monoisotopic (exact) mass is 125 g/mol. The van der Waals surface area contributed by atoms with E-state index in [-0.39, 0.29) is 48.4 Å². The molecule has 0 atom stereocenters. The Balaban J connectivity index is -0.0000000800. The van der Waals surface area contributed by atoms with Gasteiger partial charge in [-0.05, 0) is 0 Å². The maximum absolute atomic E-state index is 8.55. The Morgan fingerprint density at radius 3 is 1.14 bits per heavy atom. The third-order valence-corrected chi connectivity index (χ3v) is 0. The summed E-state index contributed by atoms with van der Waals surface area (Å²) in [6, 6.07) is 0. The van der Waals surface area contributed by atoms with Crippen LogP contribution in [-0.4, -0.2) is 0 Å². The Hall–Kier alpha value is 1.71. The van der Waals surface area contributed by atoms with Gasteiger partial charge in [0.25, 0.3) is 0 Å². The molecular formula is LiNaO4P-. The summed E-state index contributed by atoms with van der Waals surface area (Å²) in [5.74, 6) is 0. The van der Waals surface area contributed by atoms with Crippen LogP contribution in [0.25, 0.3) is 0 Å². The molecule has 0 fully saturated rings. The zero-order valence-electron chi connectivity index (χ0n) is 4.08. The van der Waals surface area contributed by atoms with E-state index in [2.05, 4.69) is 0 Å². The van der Waals surface area contributed by atoms with Gasteiger partial charge in [0.15, 0.2) is 0 Å². The van der Waals surface area contributed by atoms with Gasteiger partial charge in [0, 0.05) is 0 Å². The summed E-state index contributed by atoms with van der Waals surface area (Å²) in [5.41, 5.74) is 0. The van der Waals surface area contributed by atoms with E-state index in [0.717, 1.165) is 0 Å². The van der Waals surface area contributed by atoms with Crippen molar-refractivity contribution in [3.05, 3.63) is 0 Å². The molecule has 0 bridgehead atoms. The van der Waals surface area contributed by atoms with E-state index in [4.69, 9.17) is 19.2 Å². The average Bonchev–Trinajstić information content (AvgIpc) is 0.722. The van der Waals surface area contributed by atoms with Crippen LogP contribution in [0.2, 0.25) is 0 Å². The Bertz CT molecular complexity index is 57.8. The molecule has 0 saturated heterocycles. The van der Waals surface area contributed by atoms with Crippen molar-refractivity contribution in [2.45, 2.75) is 0 Å². The predicted octanol–water partition coefficient (Wildman–Crippen LogP) is -8.82. The van der Waals surface area contributed by atoms with Crippen molar-refractivity contribution in [1.82, 2.24) is 0 Å². The molecular weight excluding hydrogens is 125 g/mol. The molecule has 0 aromatic heterocycles. The molecule has 0 saturated carbocycles. The van der Waals surface area contributed by atoms with Gasteiger partial charge in [-0.25, -0.2) is 0 Å². The maximum Gasteiger partial charge on any atom is 1.00 e. The smallest absolute Gasteiger partial charge is 0.822 e. The summed E-state index contributed by atoms with van der Waals surface area (Å²) in [6.45, 7) is 0. The Labute approximate surface area is 75.0 Å². The molecule has 0 rings (SSSR count). The van der Waals surface area contributed by atoms with E-state index in [1.54, 1.807) is 0 Å². The van der Waals surface area contributed by atoms with Crippen LogP contribution in [0.5, 0.6) is 0 Å². The molecule has 0 aliphatic heterocycles. The van der Waals surface area contributed by atoms with Crippen molar-refractivity contribution >= 4 is 7.82 Å². The molecule has 0 aliphatic carbocycles. The van der Waals surface area contributed by atoms with Crippen LogP contribution in [0.1, 0.15) is 0 Å². The largest absolute Gasteiger partial charge is 1.00 e. The van der Waals surface area contributed by atoms with E-state index < -0.39 is 7.82 Å². The molecule has 0 aliphatic rings. The van der Waals surface area contributed by atoms with Crippen LogP contribution < -0.4 is 63.1 Å². The molecule has 0 aromatic rings. The summed E-state index contributed by atoms with van der Waals surface area (Å²) in [5, 5.41) is 0. The third kappa shape index (κ3) is 86.1. The Morgan fingerprint density at radius 1 is 1.14 bits per heavy atom. The van der Waals surface area contributed by atoms with Crippen LogP contribution >= 0.6 is 7.82 Å². The van der Waals surface area contributed by atoms with Crippen molar-refractivity contribution < 1.29 is 67.7 Å². The van der Waals surface area contributed by atoms with E-state index >= 15 is 0 Å². The van der Waals surface area contributed by atoms with Gasteiger partial charge in [-0.3, -0.25) is 0 Å². The summed E-state index contributed by atoms with van der Waals surface area (Å²) < 4.78 is 8.55. The summed E-state index contributed by atoms with van der Waals surface area (Å²) in [7, 11) is -5.39. The normalized spacial score (nSPS) is 8.43. The van der Waals surface area contributed by atoms with E-state index in [1.165, 1.54) is 0 Å². The second-order valence-electron chi connectivity index (χ2n) is 0.447. The summed E-state index contributed by atoms with van der Waals surface area (Å²) in [4.78, 5) is 25.6. The van der Waals surface area contributed by atoms with Gasteiger partial charge in [-0.1, -0.05) is 0 Å². The Kier molecular flexibility index (Phi) is 13.2. The first-order chi connectivity index (χ1) is 2.00. The zero-order valence-corrected chi connectivity index (χ0v) is 6.97. The quantitative estimate of drug-likeness (QED) is 0.237. The van der Waals surface area contributed by atoms with E-state index in [0.29, 0.717) is 0 Å². The van der Waals surface area contributed by atoms with Gasteiger partial charge in [0.2, 0.25) is 0 Å². The van der Waals surface area contributed by atoms with Gasteiger partial charge in [0.1, 0.15) is 0 Å². The standard InChI is InChI=1S/Li.Na.H3O4P/c;;1-5(2,3)4/h;;(H3,1,2,3,4)/q2*+1;/p-3. The summed E-state index contributed by atoms with van der Waals surface area (Å²) >= 11 is 0. The predicted molar refractivity (Wildman–Crippen MR) is 7.61 cm³/mol. The molecule has 0 spiro atoms. The molecule has 0 heterocycles. The van der Waals surface area contributed by atoms with Crippen LogP contribution in [0.3, 0.4) is 0 Å². The maximum atomic E-state index is 8.55. The molecule has 7 heavy (non-hydrogen) atoms. The molecule has 0 radical (unpaired) electrons. The van der Waals surface area contributed by atoms with Crippen molar-refractivity contribution in [1.29, 1.82) is 0 Å². The second-order valence-corrected chi connectivity index (χ2v) is 1.34. The molecule has 7 heteroatoms. The minimum atomic E-state index is -5.39. The van der Waals surface area contributed by atoms with Gasteiger partial charge in [0.05, 0.1) is 0 Å². The minimum Gasteiger partial charge on any atom is -0.822 e. The first-order valence-corrected chi connectivity index (χ1v) is 2.19. The Morgan fingerprint density at radius 2 is 1.14 bits per heavy atom. The zero-order chi connectivity index (χ0) is 4.50. The number of phosphoric acid groups is 1. The van der Waals surface area contributed by atoms with Crippen LogP contribution in [0.4, 0.5) is 0 Å². The van der Waals surface area contributed by atoms with Gasteiger partial charge < -0.3 is 19.2 Å². The van der Waals surface area contributed by atoms with Gasteiger partial charge in [-0.15, -0.1) is 0 Å². The van der Waals surface area contributed by atoms with Crippen molar-refractivity contribution in [3.63, 3.8) is 0 Å². The fourth-order valence-electron chi connectivity index (χ4n) is 0. The van der Waals surface area contributed by atoms with Crippen molar-refractivity contribution in [3.8, 4) is 0 Å². The minimum absolute atomic E-state index is 0. The number of hydrogen-bond acceptors (Lipinski definition) is 4. The van der Waals surface area contributed by atoms with Gasteiger partial charge in [-0.2, -0.15) is 7.82 Å². The van der Waals surface area contributed by atoms with E-state index in [9.17, 15) is 0 Å². The van der Waals surface area contributed by atoms with Gasteiger partial charge >= 0.3 is 48.4 Å². The fraction of sp³-hybridized carbons (Fsp3) is 0. The SMILES string of the molecule is O=P([O-])([O-])[O-].[Li+].[Na+]. The topological polar surface area (TPSA) is 86.2 Å². The summed E-state index contributed by atoms with van der Waals surface area (Å²) in [6.07, 6.45) is 0. The first kappa shape index (κ1) is 15.9. The molecule has 0 aromatic carbocycles. The van der Waals surface area contributed by atoms with Crippen molar-refractivity contribution in [2.24, 2.45) is 0 Å². The molecule has 4 nitrogen and oxygen atoms in total. The number of rotatable bonds is 0. The van der Waals surface area contributed by atoms with E-state index in [1.807, 2.05) is 0 Å². The molecule has 0 N–H and O–H groups in total. The van der Waals surface area contributed by atoms with Crippen LogP contribution in [-0.2, 0) is 4.57 Å². The second kappa shape index (κ2) is 5.84. The molecule has 0 unspecified atom stereocenters. The third-order valence-electron chi connectivity index (χ3n) is 0. The fourth-order valence-corrected chi connectivity index (χ4v) is 0.